The topological polar surface area (TPSA) is 29.3 Å². The molecule has 2 N–H and O–H groups in total. The average Bonchev–Trinajstić information content (AvgIpc) is 2.61. The van der Waals surface area contributed by atoms with Gasteiger partial charge in [0, 0.05) is 18.6 Å². The molecule has 2 unspecified atom stereocenters. The van der Waals surface area contributed by atoms with Crippen molar-refractivity contribution in [1.82, 2.24) is 0 Å². The van der Waals surface area contributed by atoms with Gasteiger partial charge < -0.3 is 10.6 Å². The summed E-state index contributed by atoms with van der Waals surface area (Å²) in [5.74, 6) is -0.0914. The first-order valence-electron chi connectivity index (χ1n) is 5.57. The van der Waals surface area contributed by atoms with Gasteiger partial charge in [-0.05, 0) is 30.9 Å². The zero-order valence-corrected chi connectivity index (χ0v) is 8.62. The molecule has 1 saturated heterocycles. The van der Waals surface area contributed by atoms with Crippen LogP contribution in [0.15, 0.2) is 18.2 Å². The van der Waals surface area contributed by atoms with Crippen molar-refractivity contribution in [3.63, 3.8) is 0 Å². The molecule has 15 heavy (non-hydrogen) atoms. The number of nitrogens with zero attached hydrogens (tertiary/aromatic N) is 1. The Morgan fingerprint density at radius 3 is 3.07 bits per heavy atom. The highest BCUT2D eigenvalue weighted by Gasteiger charge is 2.36. The molecule has 1 aromatic rings. The lowest BCUT2D eigenvalue weighted by Gasteiger charge is -2.35. The summed E-state index contributed by atoms with van der Waals surface area (Å²) in [6.45, 7) is 0.903. The quantitative estimate of drug-likeness (QED) is 0.699. The normalized spacial score (nSPS) is 28.8. The molecule has 0 bridgehead atoms. The van der Waals surface area contributed by atoms with Crippen molar-refractivity contribution < 1.29 is 4.39 Å². The van der Waals surface area contributed by atoms with Gasteiger partial charge in [-0.15, -0.1) is 0 Å². The van der Waals surface area contributed by atoms with E-state index in [1.54, 1.807) is 12.1 Å². The highest BCUT2D eigenvalue weighted by Crippen LogP contribution is 2.37. The van der Waals surface area contributed by atoms with Gasteiger partial charge >= 0.3 is 0 Å². The molecule has 0 spiro atoms. The minimum Gasteiger partial charge on any atom is -0.364 e. The van der Waals surface area contributed by atoms with Gasteiger partial charge in [0.15, 0.2) is 0 Å². The van der Waals surface area contributed by atoms with Crippen LogP contribution in [0, 0.1) is 5.82 Å². The number of benzene rings is 1. The third-order valence-corrected chi connectivity index (χ3v) is 3.66. The molecule has 2 aliphatic heterocycles. The Morgan fingerprint density at radius 2 is 2.20 bits per heavy atom. The summed E-state index contributed by atoms with van der Waals surface area (Å²) >= 11 is 0. The minimum absolute atomic E-state index is 0.0914. The van der Waals surface area contributed by atoms with Crippen LogP contribution in [-0.2, 0) is 6.42 Å². The molecule has 0 aromatic heterocycles. The number of hydrogen-bond donors (Lipinski definition) is 1. The Balaban J connectivity index is 2.08. The maximum atomic E-state index is 13.8. The molecule has 3 rings (SSSR count). The van der Waals surface area contributed by atoms with E-state index in [4.69, 9.17) is 5.73 Å². The number of anilines is 1. The van der Waals surface area contributed by atoms with Crippen molar-refractivity contribution in [2.75, 3.05) is 11.4 Å². The van der Waals surface area contributed by atoms with Crippen molar-refractivity contribution in [3.05, 3.63) is 29.6 Å². The molecular formula is C12H15FN2. The molecule has 0 saturated carbocycles. The highest BCUT2D eigenvalue weighted by molar-refractivity contribution is 5.58. The van der Waals surface area contributed by atoms with Crippen molar-refractivity contribution in [2.45, 2.75) is 31.3 Å². The van der Waals surface area contributed by atoms with Crippen LogP contribution in [-0.4, -0.2) is 18.6 Å². The number of fused-ring (bicyclic) bond motifs is 3. The van der Waals surface area contributed by atoms with Gasteiger partial charge in [-0.25, -0.2) is 4.39 Å². The predicted molar refractivity (Wildman–Crippen MR) is 58.4 cm³/mol. The lowest BCUT2D eigenvalue weighted by Crippen LogP contribution is -2.42. The monoisotopic (exact) mass is 206 g/mol. The molecule has 3 heteroatoms. The van der Waals surface area contributed by atoms with E-state index in [2.05, 4.69) is 4.90 Å². The van der Waals surface area contributed by atoms with E-state index in [0.29, 0.717) is 6.04 Å². The Bertz CT molecular complexity index is 391. The van der Waals surface area contributed by atoms with Crippen LogP contribution in [0.25, 0.3) is 0 Å². The smallest absolute Gasteiger partial charge is 0.146 e. The first-order valence-corrected chi connectivity index (χ1v) is 5.57. The first kappa shape index (κ1) is 9.16. The summed E-state index contributed by atoms with van der Waals surface area (Å²) < 4.78 is 13.8. The van der Waals surface area contributed by atoms with Crippen LogP contribution in [0.1, 0.15) is 18.4 Å². The molecule has 80 valence electrons. The van der Waals surface area contributed by atoms with Gasteiger partial charge in [0.1, 0.15) is 5.82 Å². The number of rotatable bonds is 0. The SMILES string of the molecule is NC1CCN2c3c(F)cccc3CCC12. The van der Waals surface area contributed by atoms with Crippen LogP contribution in [0.5, 0.6) is 0 Å². The first-order chi connectivity index (χ1) is 7.27. The van der Waals surface area contributed by atoms with Gasteiger partial charge in [-0.3, -0.25) is 0 Å². The largest absolute Gasteiger partial charge is 0.364 e. The Hall–Kier alpha value is -1.09. The van der Waals surface area contributed by atoms with E-state index >= 15 is 0 Å². The summed E-state index contributed by atoms with van der Waals surface area (Å²) in [6, 6.07) is 5.95. The van der Waals surface area contributed by atoms with E-state index in [1.807, 2.05) is 6.07 Å². The summed E-state index contributed by atoms with van der Waals surface area (Å²) in [7, 11) is 0. The van der Waals surface area contributed by atoms with Crippen LogP contribution < -0.4 is 10.6 Å². The van der Waals surface area contributed by atoms with E-state index in [9.17, 15) is 4.39 Å². The molecule has 0 amide bonds. The van der Waals surface area contributed by atoms with Crippen molar-refractivity contribution >= 4 is 5.69 Å². The zero-order valence-electron chi connectivity index (χ0n) is 8.62. The zero-order chi connectivity index (χ0) is 10.4. The molecule has 2 aliphatic rings. The fourth-order valence-corrected chi connectivity index (χ4v) is 2.91. The van der Waals surface area contributed by atoms with Gasteiger partial charge in [-0.1, -0.05) is 12.1 Å². The lowest BCUT2D eigenvalue weighted by molar-refractivity contribution is 0.513. The average molecular weight is 206 g/mol. The maximum absolute atomic E-state index is 13.8. The Morgan fingerprint density at radius 1 is 1.33 bits per heavy atom. The summed E-state index contributed by atoms with van der Waals surface area (Å²) in [6.07, 6.45) is 3.01. The third kappa shape index (κ3) is 1.26. The fraction of sp³-hybridized carbons (Fsp3) is 0.500. The van der Waals surface area contributed by atoms with Crippen molar-refractivity contribution in [3.8, 4) is 0 Å². The standard InChI is InChI=1S/C12H15FN2/c13-9-3-1-2-8-4-5-11-10(14)6-7-15(11)12(8)9/h1-3,10-11H,4-7,14H2. The number of para-hydroxylation sites is 1. The van der Waals surface area contributed by atoms with Gasteiger partial charge in [0.05, 0.1) is 5.69 Å². The fourth-order valence-electron chi connectivity index (χ4n) is 2.91. The lowest BCUT2D eigenvalue weighted by atomic mass is 9.94. The number of aryl methyl sites for hydroxylation is 1. The second kappa shape index (κ2) is 3.20. The molecule has 2 nitrogen and oxygen atoms in total. The van der Waals surface area contributed by atoms with Crippen LogP contribution in [0.2, 0.25) is 0 Å². The minimum atomic E-state index is -0.0914. The molecule has 1 fully saturated rings. The Labute approximate surface area is 88.9 Å². The number of halogens is 1. The Kier molecular flexibility index (Phi) is 1.96. The molecule has 0 radical (unpaired) electrons. The van der Waals surface area contributed by atoms with Crippen LogP contribution in [0.3, 0.4) is 0 Å². The summed E-state index contributed by atoms with van der Waals surface area (Å²) in [4.78, 5) is 2.17. The van der Waals surface area contributed by atoms with Crippen molar-refractivity contribution in [1.29, 1.82) is 0 Å². The third-order valence-electron chi connectivity index (χ3n) is 3.66. The second-order valence-corrected chi connectivity index (χ2v) is 4.50. The van der Waals surface area contributed by atoms with Gasteiger partial charge in [0.2, 0.25) is 0 Å². The molecular weight excluding hydrogens is 191 g/mol. The van der Waals surface area contributed by atoms with Gasteiger partial charge in [-0.2, -0.15) is 0 Å². The molecule has 1 aromatic carbocycles. The van der Waals surface area contributed by atoms with E-state index < -0.39 is 0 Å². The maximum Gasteiger partial charge on any atom is 0.146 e. The molecule has 2 heterocycles. The van der Waals surface area contributed by atoms with Crippen molar-refractivity contribution in [2.24, 2.45) is 5.73 Å². The molecule has 2 atom stereocenters. The number of nitrogens with two attached hydrogens (primary N) is 1. The second-order valence-electron chi connectivity index (χ2n) is 4.50. The van der Waals surface area contributed by atoms with Gasteiger partial charge in [0.25, 0.3) is 0 Å². The molecule has 0 aliphatic carbocycles. The van der Waals surface area contributed by atoms with Crippen LogP contribution >= 0.6 is 0 Å². The summed E-state index contributed by atoms with van der Waals surface area (Å²) in [5.41, 5.74) is 7.98. The van der Waals surface area contributed by atoms with E-state index in [-0.39, 0.29) is 11.9 Å². The highest BCUT2D eigenvalue weighted by atomic mass is 19.1. The van der Waals surface area contributed by atoms with E-state index in [0.717, 1.165) is 37.1 Å². The summed E-state index contributed by atoms with van der Waals surface area (Å²) in [5, 5.41) is 0. The predicted octanol–water partition coefficient (Wildman–Crippen LogP) is 1.68. The number of hydrogen-bond acceptors (Lipinski definition) is 2. The van der Waals surface area contributed by atoms with Crippen LogP contribution in [0.4, 0.5) is 10.1 Å². The van der Waals surface area contributed by atoms with E-state index in [1.165, 1.54) is 0 Å².